The molecule has 0 unspecified atom stereocenters. The standard InChI is InChI=1S/C17H21FN2O2S/c1-17(2)15(21)20(16(22)23-17)11-19(9-12-3-4-12)10-13-5-7-14(18)8-6-13/h5-8,12H,3-4,9-11H2,1-2H3. The third kappa shape index (κ3) is 3.93. The van der Waals surface area contributed by atoms with Gasteiger partial charge in [-0.1, -0.05) is 12.1 Å². The van der Waals surface area contributed by atoms with E-state index in [9.17, 15) is 14.0 Å². The van der Waals surface area contributed by atoms with Crippen LogP contribution in [-0.4, -0.2) is 38.9 Å². The summed E-state index contributed by atoms with van der Waals surface area (Å²) in [4.78, 5) is 28.0. The van der Waals surface area contributed by atoms with E-state index in [0.29, 0.717) is 19.1 Å². The quantitative estimate of drug-likeness (QED) is 0.797. The number of amides is 2. The maximum Gasteiger partial charge on any atom is 0.290 e. The van der Waals surface area contributed by atoms with Crippen molar-refractivity contribution in [3.05, 3.63) is 35.6 Å². The van der Waals surface area contributed by atoms with Gasteiger partial charge in [0.1, 0.15) is 5.82 Å². The van der Waals surface area contributed by atoms with Crippen molar-refractivity contribution in [2.24, 2.45) is 5.92 Å². The molecule has 3 rings (SSSR count). The molecule has 1 aromatic rings. The van der Waals surface area contributed by atoms with Crippen molar-refractivity contribution in [2.45, 2.75) is 38.0 Å². The van der Waals surface area contributed by atoms with E-state index in [0.717, 1.165) is 23.9 Å². The highest BCUT2D eigenvalue weighted by Crippen LogP contribution is 2.37. The van der Waals surface area contributed by atoms with Crippen LogP contribution in [0.5, 0.6) is 0 Å². The van der Waals surface area contributed by atoms with Gasteiger partial charge in [0.25, 0.3) is 5.24 Å². The molecule has 0 spiro atoms. The first-order valence-electron chi connectivity index (χ1n) is 7.87. The average Bonchev–Trinajstić information content (AvgIpc) is 3.26. The molecule has 2 aliphatic rings. The normalized spacial score (nSPS) is 20.6. The lowest BCUT2D eigenvalue weighted by molar-refractivity contribution is -0.130. The first-order chi connectivity index (χ1) is 10.8. The van der Waals surface area contributed by atoms with Crippen molar-refractivity contribution in [3.8, 4) is 0 Å². The molecule has 1 aliphatic carbocycles. The van der Waals surface area contributed by atoms with Crippen LogP contribution in [0, 0.1) is 11.7 Å². The van der Waals surface area contributed by atoms with E-state index >= 15 is 0 Å². The van der Waals surface area contributed by atoms with Crippen molar-refractivity contribution < 1.29 is 14.0 Å². The molecular weight excluding hydrogens is 315 g/mol. The summed E-state index contributed by atoms with van der Waals surface area (Å²) < 4.78 is 12.4. The van der Waals surface area contributed by atoms with Gasteiger partial charge >= 0.3 is 0 Å². The average molecular weight is 336 g/mol. The van der Waals surface area contributed by atoms with Crippen molar-refractivity contribution in [1.82, 2.24) is 9.80 Å². The molecule has 4 nitrogen and oxygen atoms in total. The largest absolute Gasteiger partial charge is 0.290 e. The van der Waals surface area contributed by atoms with Crippen molar-refractivity contribution >= 4 is 22.9 Å². The highest BCUT2D eigenvalue weighted by molar-refractivity contribution is 8.16. The van der Waals surface area contributed by atoms with Crippen LogP contribution in [-0.2, 0) is 11.3 Å². The number of nitrogens with zero attached hydrogens (tertiary/aromatic N) is 2. The summed E-state index contributed by atoms with van der Waals surface area (Å²) in [6.45, 7) is 5.34. The molecule has 6 heteroatoms. The number of thioether (sulfide) groups is 1. The summed E-state index contributed by atoms with van der Waals surface area (Å²) in [7, 11) is 0. The number of benzene rings is 1. The molecule has 1 aromatic carbocycles. The number of hydrogen-bond acceptors (Lipinski definition) is 4. The molecule has 1 saturated carbocycles. The molecule has 0 N–H and O–H groups in total. The van der Waals surface area contributed by atoms with Gasteiger partial charge < -0.3 is 0 Å². The maximum atomic E-state index is 13.0. The Bertz CT molecular complexity index is 614. The van der Waals surface area contributed by atoms with Gasteiger partial charge in [0.05, 0.1) is 11.4 Å². The monoisotopic (exact) mass is 336 g/mol. The van der Waals surface area contributed by atoms with Gasteiger partial charge in [0.2, 0.25) is 5.91 Å². The molecule has 0 radical (unpaired) electrons. The summed E-state index contributed by atoms with van der Waals surface area (Å²) in [6.07, 6.45) is 2.39. The zero-order valence-electron chi connectivity index (χ0n) is 13.4. The van der Waals surface area contributed by atoms with Crippen LogP contribution in [0.3, 0.4) is 0 Å². The molecule has 0 atom stereocenters. The minimum Gasteiger partial charge on any atom is -0.281 e. The molecule has 0 bridgehead atoms. The Morgan fingerprint density at radius 3 is 2.43 bits per heavy atom. The van der Waals surface area contributed by atoms with E-state index in [4.69, 9.17) is 0 Å². The number of imide groups is 1. The first-order valence-corrected chi connectivity index (χ1v) is 8.68. The summed E-state index contributed by atoms with van der Waals surface area (Å²) in [5.74, 6) is 0.252. The lowest BCUT2D eigenvalue weighted by Gasteiger charge is -2.27. The first kappa shape index (κ1) is 16.5. The van der Waals surface area contributed by atoms with Gasteiger partial charge in [-0.2, -0.15) is 0 Å². The zero-order chi connectivity index (χ0) is 16.6. The molecule has 2 amide bonds. The van der Waals surface area contributed by atoms with E-state index in [2.05, 4.69) is 4.90 Å². The molecule has 1 aliphatic heterocycles. The van der Waals surface area contributed by atoms with Crippen molar-refractivity contribution in [3.63, 3.8) is 0 Å². The highest BCUT2D eigenvalue weighted by Gasteiger charge is 2.46. The fraction of sp³-hybridized carbons (Fsp3) is 0.529. The van der Waals surface area contributed by atoms with Crippen LogP contribution in [0.1, 0.15) is 32.3 Å². The molecule has 1 saturated heterocycles. The third-order valence-electron chi connectivity index (χ3n) is 4.20. The van der Waals surface area contributed by atoms with Crippen molar-refractivity contribution in [1.29, 1.82) is 0 Å². The Morgan fingerprint density at radius 2 is 1.91 bits per heavy atom. The maximum absolute atomic E-state index is 13.0. The van der Waals surface area contributed by atoms with E-state index in [1.807, 2.05) is 0 Å². The lowest BCUT2D eigenvalue weighted by Crippen LogP contribution is -2.43. The number of hydrogen-bond donors (Lipinski definition) is 0. The zero-order valence-corrected chi connectivity index (χ0v) is 14.2. The summed E-state index contributed by atoms with van der Waals surface area (Å²) in [5.41, 5.74) is 0.984. The Hall–Kier alpha value is -1.40. The smallest absolute Gasteiger partial charge is 0.281 e. The second kappa shape index (κ2) is 6.24. The van der Waals surface area contributed by atoms with Crippen LogP contribution in [0.25, 0.3) is 0 Å². The topological polar surface area (TPSA) is 40.6 Å². The van der Waals surface area contributed by atoms with Gasteiger partial charge in [-0.25, -0.2) is 4.39 Å². The second-order valence-electron chi connectivity index (χ2n) is 6.83. The van der Waals surface area contributed by atoms with Crippen LogP contribution in [0.15, 0.2) is 24.3 Å². The highest BCUT2D eigenvalue weighted by atomic mass is 32.2. The molecule has 124 valence electrons. The fourth-order valence-corrected chi connectivity index (χ4v) is 3.62. The van der Waals surface area contributed by atoms with Gasteiger partial charge in [0.15, 0.2) is 0 Å². The minimum atomic E-state index is -0.682. The van der Waals surface area contributed by atoms with Crippen LogP contribution >= 0.6 is 11.8 Å². The summed E-state index contributed by atoms with van der Waals surface area (Å²) in [6, 6.07) is 6.38. The van der Waals surface area contributed by atoms with Crippen molar-refractivity contribution in [2.75, 3.05) is 13.2 Å². The Balaban J connectivity index is 1.70. The Morgan fingerprint density at radius 1 is 1.26 bits per heavy atom. The fourth-order valence-electron chi connectivity index (χ4n) is 2.73. The molecule has 0 aromatic heterocycles. The van der Waals surface area contributed by atoms with E-state index < -0.39 is 4.75 Å². The predicted octanol–water partition coefficient (Wildman–Crippen LogP) is 3.47. The SMILES string of the molecule is CC1(C)SC(=O)N(CN(Cc2ccc(F)cc2)CC2CC2)C1=O. The van der Waals surface area contributed by atoms with E-state index in [1.54, 1.807) is 26.0 Å². The molecule has 1 heterocycles. The Labute approximate surface area is 140 Å². The molecule has 2 fully saturated rings. The van der Waals surface area contributed by atoms with Crippen LogP contribution in [0.4, 0.5) is 9.18 Å². The summed E-state index contributed by atoms with van der Waals surface area (Å²) >= 11 is 1.08. The summed E-state index contributed by atoms with van der Waals surface area (Å²) in [5, 5.41) is -0.181. The predicted molar refractivity (Wildman–Crippen MR) is 88.3 cm³/mol. The number of halogens is 1. The second-order valence-corrected chi connectivity index (χ2v) is 8.41. The molecule has 23 heavy (non-hydrogen) atoms. The molecular formula is C17H21FN2O2S. The van der Waals surface area contributed by atoms with E-state index in [-0.39, 0.29) is 17.0 Å². The van der Waals surface area contributed by atoms with Gasteiger partial charge in [-0.3, -0.25) is 19.4 Å². The third-order valence-corrected chi connectivity index (χ3v) is 5.28. The van der Waals surface area contributed by atoms with Crippen LogP contribution in [0.2, 0.25) is 0 Å². The number of carbonyl (C=O) groups is 2. The lowest BCUT2D eigenvalue weighted by atomic mass is 10.2. The number of carbonyl (C=O) groups excluding carboxylic acids is 2. The van der Waals surface area contributed by atoms with Gasteiger partial charge in [-0.05, 0) is 62.1 Å². The van der Waals surface area contributed by atoms with Crippen LogP contribution < -0.4 is 0 Å². The minimum absolute atomic E-state index is 0.132. The van der Waals surface area contributed by atoms with Gasteiger partial charge in [-0.15, -0.1) is 0 Å². The van der Waals surface area contributed by atoms with E-state index in [1.165, 1.54) is 29.9 Å². The van der Waals surface area contributed by atoms with Gasteiger partial charge in [0, 0.05) is 13.1 Å². The Kier molecular flexibility index (Phi) is 4.47. The number of rotatable bonds is 6.